The van der Waals surface area contributed by atoms with Crippen LogP contribution in [0.25, 0.3) is 11.5 Å². The van der Waals surface area contributed by atoms with E-state index >= 15 is 0 Å². The maximum absolute atomic E-state index is 5.44. The fraction of sp³-hybridized carbons (Fsp3) is 0.350. The molecule has 134 valence electrons. The van der Waals surface area contributed by atoms with E-state index in [-0.39, 0.29) is 0 Å². The number of nitrogens with zero attached hydrogens (tertiary/aromatic N) is 5. The Balaban J connectivity index is 1.39. The lowest BCUT2D eigenvalue weighted by Crippen LogP contribution is -2.51. The molecule has 3 aromatic rings. The molecule has 6 nitrogen and oxygen atoms in total. The number of aryl methyl sites for hydroxylation is 1. The predicted molar refractivity (Wildman–Crippen MR) is 101 cm³/mol. The van der Waals surface area contributed by atoms with Crippen LogP contribution < -0.4 is 4.90 Å². The first-order valence-corrected chi connectivity index (χ1v) is 8.99. The van der Waals surface area contributed by atoms with E-state index in [4.69, 9.17) is 4.52 Å². The molecule has 1 saturated heterocycles. The summed E-state index contributed by atoms with van der Waals surface area (Å²) in [6.45, 7) is 7.99. The van der Waals surface area contributed by atoms with Crippen molar-refractivity contribution in [3.63, 3.8) is 0 Å². The predicted octanol–water partition coefficient (Wildman–Crippen LogP) is 3.15. The highest BCUT2D eigenvalue weighted by Gasteiger charge is 2.25. The largest absolute Gasteiger partial charge is 0.369 e. The third-order valence-electron chi connectivity index (χ3n) is 4.86. The minimum absolute atomic E-state index is 0.412. The number of hydrogen-bond acceptors (Lipinski definition) is 6. The van der Waals surface area contributed by atoms with Crippen molar-refractivity contribution in [2.45, 2.75) is 26.4 Å². The van der Waals surface area contributed by atoms with Crippen molar-refractivity contribution in [1.29, 1.82) is 0 Å². The zero-order valence-electron chi connectivity index (χ0n) is 15.2. The zero-order valence-corrected chi connectivity index (χ0v) is 15.2. The Morgan fingerprint density at radius 3 is 2.69 bits per heavy atom. The van der Waals surface area contributed by atoms with Crippen molar-refractivity contribution < 1.29 is 4.52 Å². The summed E-state index contributed by atoms with van der Waals surface area (Å²) in [7, 11) is 0. The van der Waals surface area contributed by atoms with Gasteiger partial charge in [-0.1, -0.05) is 28.9 Å². The summed E-state index contributed by atoms with van der Waals surface area (Å²) in [5, 5.41) is 4.06. The Morgan fingerprint density at radius 2 is 1.96 bits per heavy atom. The molecule has 1 fully saturated rings. The first-order chi connectivity index (χ1) is 12.7. The van der Waals surface area contributed by atoms with Gasteiger partial charge in [0.2, 0.25) is 11.7 Å². The topological polar surface area (TPSA) is 58.3 Å². The third kappa shape index (κ3) is 3.60. The van der Waals surface area contributed by atoms with E-state index in [1.54, 1.807) is 6.20 Å². The molecule has 3 heterocycles. The molecule has 26 heavy (non-hydrogen) atoms. The lowest BCUT2D eigenvalue weighted by Gasteiger charge is -2.40. The molecule has 0 spiro atoms. The van der Waals surface area contributed by atoms with Crippen molar-refractivity contribution in [3.05, 3.63) is 60.1 Å². The van der Waals surface area contributed by atoms with Crippen molar-refractivity contribution in [2.24, 2.45) is 0 Å². The number of piperazine rings is 1. The Morgan fingerprint density at radius 1 is 1.12 bits per heavy atom. The van der Waals surface area contributed by atoms with Crippen LogP contribution in [0.3, 0.4) is 0 Å². The van der Waals surface area contributed by atoms with Gasteiger partial charge in [-0.2, -0.15) is 4.98 Å². The highest BCUT2D eigenvalue weighted by atomic mass is 16.5. The molecule has 2 aromatic heterocycles. The lowest BCUT2D eigenvalue weighted by molar-refractivity contribution is 0.159. The van der Waals surface area contributed by atoms with Gasteiger partial charge in [0, 0.05) is 37.6 Å². The lowest BCUT2D eigenvalue weighted by atomic mass is 10.1. The van der Waals surface area contributed by atoms with Crippen LogP contribution in [0.5, 0.6) is 0 Å². The summed E-state index contributed by atoms with van der Waals surface area (Å²) in [5.41, 5.74) is 3.32. The van der Waals surface area contributed by atoms with Crippen molar-refractivity contribution in [1.82, 2.24) is 20.0 Å². The quantitative estimate of drug-likeness (QED) is 0.721. The van der Waals surface area contributed by atoms with E-state index in [2.05, 4.69) is 63.0 Å². The molecular formula is C20H23N5O. The third-order valence-corrected chi connectivity index (χ3v) is 4.86. The Hall–Kier alpha value is -2.73. The summed E-state index contributed by atoms with van der Waals surface area (Å²) in [4.78, 5) is 13.6. The highest BCUT2D eigenvalue weighted by Crippen LogP contribution is 2.21. The maximum atomic E-state index is 5.44. The van der Waals surface area contributed by atoms with Crippen molar-refractivity contribution in [3.8, 4) is 11.5 Å². The van der Waals surface area contributed by atoms with Gasteiger partial charge in [-0.15, -0.1) is 0 Å². The molecule has 0 bridgehead atoms. The molecule has 6 heteroatoms. The van der Waals surface area contributed by atoms with Gasteiger partial charge in [0.25, 0.3) is 0 Å². The van der Waals surface area contributed by atoms with E-state index in [1.807, 2.05) is 18.2 Å². The van der Waals surface area contributed by atoms with Gasteiger partial charge >= 0.3 is 0 Å². The molecule has 0 radical (unpaired) electrons. The van der Waals surface area contributed by atoms with Gasteiger partial charge in [0.1, 0.15) is 5.69 Å². The standard InChI is InChI=1S/C20H23N5O/c1-15-6-8-17(9-7-15)25-12-11-24(16(2)13-25)14-19-22-20(23-26-19)18-5-3-4-10-21-18/h3-10,16H,11-14H2,1-2H3/t16-/m1/s1. The monoisotopic (exact) mass is 349 g/mol. The SMILES string of the molecule is Cc1ccc(N2CCN(Cc3nc(-c4ccccn4)no3)[C@H](C)C2)cc1. The second-order valence-electron chi connectivity index (χ2n) is 6.83. The second kappa shape index (κ2) is 7.25. The average molecular weight is 349 g/mol. The molecule has 4 rings (SSSR count). The van der Waals surface area contributed by atoms with E-state index in [0.29, 0.717) is 24.3 Å². The van der Waals surface area contributed by atoms with Gasteiger partial charge < -0.3 is 9.42 Å². The summed E-state index contributed by atoms with van der Waals surface area (Å²) in [6, 6.07) is 14.8. The fourth-order valence-electron chi connectivity index (χ4n) is 3.31. The number of aromatic nitrogens is 3. The Bertz CT molecular complexity index is 846. The smallest absolute Gasteiger partial charge is 0.241 e. The number of benzene rings is 1. The van der Waals surface area contributed by atoms with Gasteiger partial charge in [0.05, 0.1) is 6.54 Å². The molecule has 0 amide bonds. The first-order valence-electron chi connectivity index (χ1n) is 8.99. The summed E-state index contributed by atoms with van der Waals surface area (Å²) < 4.78 is 5.44. The molecule has 0 N–H and O–H groups in total. The Kier molecular flexibility index (Phi) is 4.67. The molecule has 1 aliphatic heterocycles. The average Bonchev–Trinajstić information content (AvgIpc) is 3.13. The van der Waals surface area contributed by atoms with Crippen molar-refractivity contribution >= 4 is 5.69 Å². The molecule has 0 unspecified atom stereocenters. The molecule has 1 aliphatic rings. The molecule has 0 aliphatic carbocycles. The molecule has 1 aromatic carbocycles. The Labute approximate surface area is 153 Å². The van der Waals surface area contributed by atoms with Crippen LogP contribution in [0, 0.1) is 6.92 Å². The van der Waals surface area contributed by atoms with Crippen LogP contribution in [-0.4, -0.2) is 45.7 Å². The summed E-state index contributed by atoms with van der Waals surface area (Å²) in [6.07, 6.45) is 1.73. The van der Waals surface area contributed by atoms with E-state index in [0.717, 1.165) is 25.3 Å². The van der Waals surface area contributed by atoms with Crippen LogP contribution in [0.4, 0.5) is 5.69 Å². The van der Waals surface area contributed by atoms with Gasteiger partial charge in [-0.05, 0) is 38.1 Å². The first kappa shape index (κ1) is 16.7. The number of anilines is 1. The fourth-order valence-corrected chi connectivity index (χ4v) is 3.31. The van der Waals surface area contributed by atoms with Gasteiger partial charge in [-0.3, -0.25) is 9.88 Å². The van der Waals surface area contributed by atoms with Crippen molar-refractivity contribution in [2.75, 3.05) is 24.5 Å². The van der Waals surface area contributed by atoms with Crippen LogP contribution in [0.15, 0.2) is 53.2 Å². The maximum Gasteiger partial charge on any atom is 0.241 e. The van der Waals surface area contributed by atoms with Crippen LogP contribution in [0.1, 0.15) is 18.4 Å². The van der Waals surface area contributed by atoms with Crippen LogP contribution in [0.2, 0.25) is 0 Å². The molecule has 1 atom stereocenters. The van der Waals surface area contributed by atoms with Gasteiger partial charge in [0.15, 0.2) is 0 Å². The number of hydrogen-bond donors (Lipinski definition) is 0. The molecular weight excluding hydrogens is 326 g/mol. The highest BCUT2D eigenvalue weighted by molar-refractivity contribution is 5.48. The van der Waals surface area contributed by atoms with E-state index in [1.165, 1.54) is 11.3 Å². The van der Waals surface area contributed by atoms with E-state index in [9.17, 15) is 0 Å². The molecule has 0 saturated carbocycles. The van der Waals surface area contributed by atoms with Crippen LogP contribution in [-0.2, 0) is 6.54 Å². The summed E-state index contributed by atoms with van der Waals surface area (Å²) in [5.74, 6) is 1.19. The van der Waals surface area contributed by atoms with E-state index < -0.39 is 0 Å². The minimum Gasteiger partial charge on any atom is -0.369 e. The number of pyridine rings is 1. The zero-order chi connectivity index (χ0) is 17.9. The summed E-state index contributed by atoms with van der Waals surface area (Å²) >= 11 is 0. The second-order valence-corrected chi connectivity index (χ2v) is 6.83. The minimum atomic E-state index is 0.412. The van der Waals surface area contributed by atoms with Gasteiger partial charge in [-0.25, -0.2) is 0 Å². The normalized spacial score (nSPS) is 18.2. The van der Waals surface area contributed by atoms with Crippen LogP contribution >= 0.6 is 0 Å². The number of rotatable bonds is 4.